The second-order valence-corrected chi connectivity index (χ2v) is 12.0. The van der Waals surface area contributed by atoms with E-state index in [9.17, 15) is 4.79 Å². The molecule has 0 amide bonds. The predicted octanol–water partition coefficient (Wildman–Crippen LogP) is 4.51. The van der Waals surface area contributed by atoms with Crippen molar-refractivity contribution in [2.24, 2.45) is 0 Å². The van der Waals surface area contributed by atoms with Gasteiger partial charge < -0.3 is 24.5 Å². The van der Waals surface area contributed by atoms with Gasteiger partial charge in [-0.2, -0.15) is 5.06 Å². The summed E-state index contributed by atoms with van der Waals surface area (Å²) in [5, 5.41) is 5.63. The summed E-state index contributed by atoms with van der Waals surface area (Å²) in [6, 6.07) is 15.7. The number of fused-ring (bicyclic) bond motifs is 1. The van der Waals surface area contributed by atoms with Crippen molar-refractivity contribution in [1.29, 1.82) is 0 Å². The number of rotatable bonds is 10. The molecule has 3 atom stereocenters. The van der Waals surface area contributed by atoms with E-state index in [1.165, 1.54) is 28.0 Å². The highest BCUT2D eigenvalue weighted by atomic mass is 16.7. The summed E-state index contributed by atoms with van der Waals surface area (Å²) in [7, 11) is 2.20. The Morgan fingerprint density at radius 3 is 2.85 bits per heavy atom. The molecule has 1 N–H and O–H groups in total. The summed E-state index contributed by atoms with van der Waals surface area (Å²) in [5.74, 6) is 1.53. The molecule has 4 aliphatic rings. The highest BCUT2D eigenvalue weighted by Crippen LogP contribution is 2.32. The van der Waals surface area contributed by atoms with Crippen LogP contribution in [-0.2, 0) is 27.5 Å². The van der Waals surface area contributed by atoms with Gasteiger partial charge in [0, 0.05) is 65.1 Å². The first-order valence-corrected chi connectivity index (χ1v) is 15.3. The Hall–Kier alpha value is -2.91. The first-order valence-electron chi connectivity index (χ1n) is 15.3. The van der Waals surface area contributed by atoms with Crippen LogP contribution < -0.4 is 10.1 Å². The van der Waals surface area contributed by atoms with Crippen LogP contribution in [0.1, 0.15) is 67.2 Å². The quantitative estimate of drug-likeness (QED) is 0.426. The summed E-state index contributed by atoms with van der Waals surface area (Å²) < 4.78 is 12.1. The highest BCUT2D eigenvalue weighted by molar-refractivity contribution is 5.66. The molecule has 0 bridgehead atoms. The third-order valence-electron chi connectivity index (χ3n) is 9.18. The number of hydrogen-bond donors (Lipinski definition) is 1. The minimum Gasteiger partial charge on any atom is -0.489 e. The molecule has 0 saturated carbocycles. The van der Waals surface area contributed by atoms with Crippen molar-refractivity contribution >= 4 is 12.0 Å². The van der Waals surface area contributed by atoms with Gasteiger partial charge in [-0.05, 0) is 79.0 Å². The zero-order valence-electron chi connectivity index (χ0n) is 24.5. The van der Waals surface area contributed by atoms with Crippen LogP contribution in [0.3, 0.4) is 0 Å². The average molecular weight is 561 g/mol. The van der Waals surface area contributed by atoms with Gasteiger partial charge in [0.1, 0.15) is 24.3 Å². The number of carbonyl (C=O) groups excluding carboxylic acids is 1. The Balaban J connectivity index is 1.01. The number of carbonyl (C=O) groups is 1. The number of hydrogen-bond acceptors (Lipinski definition) is 8. The molecule has 41 heavy (non-hydrogen) atoms. The van der Waals surface area contributed by atoms with Crippen molar-refractivity contribution in [2.75, 3.05) is 39.9 Å². The maximum Gasteiger partial charge on any atom is 0.120 e. The third kappa shape index (κ3) is 6.61. The fourth-order valence-electron chi connectivity index (χ4n) is 6.56. The number of aldehydes is 1. The van der Waals surface area contributed by atoms with Crippen LogP contribution in [0.5, 0.6) is 5.75 Å². The minimum atomic E-state index is 0.186. The number of nitrogens with one attached hydrogen (secondary N) is 1. The molecule has 220 valence electrons. The molecule has 8 nitrogen and oxygen atoms in total. The van der Waals surface area contributed by atoms with E-state index < -0.39 is 0 Å². The molecule has 4 aliphatic heterocycles. The third-order valence-corrected chi connectivity index (χ3v) is 9.18. The van der Waals surface area contributed by atoms with E-state index in [-0.39, 0.29) is 18.3 Å². The number of benzene rings is 2. The van der Waals surface area contributed by atoms with Crippen molar-refractivity contribution in [1.82, 2.24) is 20.2 Å². The fourth-order valence-corrected chi connectivity index (χ4v) is 6.56. The van der Waals surface area contributed by atoms with Gasteiger partial charge in [0.25, 0.3) is 0 Å². The number of hydroxylamine groups is 2. The lowest BCUT2D eigenvalue weighted by Gasteiger charge is -2.33. The van der Waals surface area contributed by atoms with Gasteiger partial charge in [-0.15, -0.1) is 0 Å². The van der Waals surface area contributed by atoms with Crippen LogP contribution in [0.2, 0.25) is 0 Å². The van der Waals surface area contributed by atoms with Gasteiger partial charge in [-0.3, -0.25) is 9.74 Å². The first kappa shape index (κ1) is 28.2. The van der Waals surface area contributed by atoms with Crippen molar-refractivity contribution < 1.29 is 19.1 Å². The Morgan fingerprint density at radius 1 is 1.12 bits per heavy atom. The molecule has 6 rings (SSSR count). The number of ether oxygens (including phenoxy) is 2. The zero-order chi connectivity index (χ0) is 28.2. The summed E-state index contributed by atoms with van der Waals surface area (Å²) >= 11 is 0. The van der Waals surface area contributed by atoms with E-state index in [1.807, 2.05) is 5.06 Å². The molecule has 0 aliphatic carbocycles. The Kier molecular flexibility index (Phi) is 8.91. The maximum atomic E-state index is 10.8. The Morgan fingerprint density at radius 2 is 2.00 bits per heavy atom. The van der Waals surface area contributed by atoms with Gasteiger partial charge in [0.2, 0.25) is 0 Å². The summed E-state index contributed by atoms with van der Waals surface area (Å²) in [6.45, 7) is 8.04. The minimum absolute atomic E-state index is 0.186. The SMILES string of the molecule is CC(CCC=O)N1Cc2cc(O[C@H]3CCN(CC4NC=C(c5cccc(C6CCOCC6)c5)N4C)C3)ccc2CO1. The molecule has 8 heteroatoms. The molecule has 2 aromatic rings. The lowest BCUT2D eigenvalue weighted by molar-refractivity contribution is -0.210. The zero-order valence-corrected chi connectivity index (χ0v) is 24.5. The monoisotopic (exact) mass is 560 g/mol. The van der Waals surface area contributed by atoms with E-state index in [0.717, 1.165) is 77.1 Å². The normalized spacial score (nSPS) is 24.5. The molecule has 2 fully saturated rings. The molecule has 4 heterocycles. The van der Waals surface area contributed by atoms with Crippen molar-refractivity contribution in [3.05, 3.63) is 70.9 Å². The van der Waals surface area contributed by atoms with Crippen molar-refractivity contribution in [2.45, 2.75) is 76.4 Å². The van der Waals surface area contributed by atoms with Gasteiger partial charge in [-0.1, -0.05) is 24.3 Å². The van der Waals surface area contributed by atoms with E-state index in [1.54, 1.807) is 0 Å². The summed E-state index contributed by atoms with van der Waals surface area (Å²) in [4.78, 5) is 21.6. The van der Waals surface area contributed by atoms with Crippen LogP contribution in [-0.4, -0.2) is 79.4 Å². The molecular weight excluding hydrogens is 516 g/mol. The van der Waals surface area contributed by atoms with E-state index in [2.05, 4.69) is 77.8 Å². The number of likely N-dealkylation sites (N-methyl/N-ethyl adjacent to an activating group) is 1. The maximum absolute atomic E-state index is 10.8. The van der Waals surface area contributed by atoms with Crippen molar-refractivity contribution in [3.8, 4) is 5.75 Å². The van der Waals surface area contributed by atoms with Gasteiger partial charge in [-0.25, -0.2) is 0 Å². The molecule has 2 aromatic carbocycles. The van der Waals surface area contributed by atoms with Crippen LogP contribution in [0.15, 0.2) is 48.7 Å². The van der Waals surface area contributed by atoms with E-state index in [0.29, 0.717) is 18.9 Å². The van der Waals surface area contributed by atoms with Crippen LogP contribution >= 0.6 is 0 Å². The molecule has 2 saturated heterocycles. The fraction of sp³-hybridized carbons (Fsp3) is 0.545. The highest BCUT2D eigenvalue weighted by Gasteiger charge is 2.31. The summed E-state index contributed by atoms with van der Waals surface area (Å²) in [5.41, 5.74) is 6.42. The Labute approximate surface area is 244 Å². The van der Waals surface area contributed by atoms with E-state index >= 15 is 0 Å². The summed E-state index contributed by atoms with van der Waals surface area (Å²) in [6.07, 6.45) is 8.19. The Bertz CT molecular complexity index is 1230. The van der Waals surface area contributed by atoms with Crippen LogP contribution in [0.25, 0.3) is 5.70 Å². The lowest BCUT2D eigenvalue weighted by Crippen LogP contribution is -2.44. The van der Waals surface area contributed by atoms with Crippen molar-refractivity contribution in [3.63, 3.8) is 0 Å². The average Bonchev–Trinajstić information content (AvgIpc) is 3.61. The first-order chi connectivity index (χ1) is 20.1. The lowest BCUT2D eigenvalue weighted by atomic mass is 9.90. The molecule has 0 radical (unpaired) electrons. The van der Waals surface area contributed by atoms with Crippen LogP contribution in [0, 0.1) is 0 Å². The second-order valence-electron chi connectivity index (χ2n) is 12.0. The number of likely N-dealkylation sites (tertiary alicyclic amines) is 1. The standard InChI is InChI=1S/C33H44N4O4/c1-24(5-4-14-38)37-20-29-18-30(9-8-28(29)23-40-37)41-31-10-13-36(21-31)22-33-34-19-32(35(33)2)27-7-3-6-26(17-27)25-11-15-39-16-12-25/h3,6-9,14,17-19,24-25,31,33-34H,4-5,10-13,15-16,20-23H2,1-2H3/t24?,31-,33?/m0/s1. The number of nitrogens with zero attached hydrogens (tertiary/aromatic N) is 3. The molecule has 2 unspecified atom stereocenters. The molecule has 0 aromatic heterocycles. The van der Waals surface area contributed by atoms with Crippen LogP contribution in [0.4, 0.5) is 0 Å². The van der Waals surface area contributed by atoms with Gasteiger partial charge in [0.15, 0.2) is 0 Å². The molecular formula is C33H44N4O4. The van der Waals surface area contributed by atoms with Gasteiger partial charge in [0.05, 0.1) is 12.3 Å². The predicted molar refractivity (Wildman–Crippen MR) is 159 cm³/mol. The topological polar surface area (TPSA) is 66.5 Å². The van der Waals surface area contributed by atoms with Gasteiger partial charge >= 0.3 is 0 Å². The van der Waals surface area contributed by atoms with E-state index in [4.69, 9.17) is 14.3 Å². The second kappa shape index (κ2) is 12.9. The smallest absolute Gasteiger partial charge is 0.120 e. The molecule has 0 spiro atoms. The largest absolute Gasteiger partial charge is 0.489 e.